The molecule has 0 fully saturated rings. The lowest BCUT2D eigenvalue weighted by Crippen LogP contribution is -2.22. The van der Waals surface area contributed by atoms with Crippen LogP contribution in [0.25, 0.3) is 0 Å². The molecule has 0 aromatic heterocycles. The lowest BCUT2D eigenvalue weighted by Gasteiger charge is -2.19. The molecule has 0 aliphatic rings. The van der Waals surface area contributed by atoms with Gasteiger partial charge in [-0.2, -0.15) is 0 Å². The van der Waals surface area contributed by atoms with E-state index in [1.807, 2.05) is 6.92 Å². The van der Waals surface area contributed by atoms with E-state index in [4.69, 9.17) is 0 Å². The molecule has 1 unspecified atom stereocenters. The van der Waals surface area contributed by atoms with Crippen LogP contribution < -0.4 is 5.32 Å². The summed E-state index contributed by atoms with van der Waals surface area (Å²) < 4.78 is 26.4. The second-order valence-electron chi connectivity index (χ2n) is 3.50. The monoisotopic (exact) mass is 211 g/mol. The minimum Gasteiger partial charge on any atom is -0.307 e. The predicted molar refractivity (Wildman–Crippen MR) is 57.6 cm³/mol. The molecule has 0 heterocycles. The molecule has 0 aliphatic carbocycles. The van der Waals surface area contributed by atoms with Crippen LogP contribution >= 0.6 is 0 Å². The van der Waals surface area contributed by atoms with Gasteiger partial charge in [-0.3, -0.25) is 0 Å². The second kappa shape index (κ2) is 5.03. The lowest BCUT2D eigenvalue weighted by atomic mass is 10.0. The molecule has 1 aromatic rings. The standard InChI is InChI=1S/C12H15F2N/c1-4-15-12(8(2)3)10-7-9(13)5-6-11(10)14/h5-7,12,15H,2,4H2,1,3H3. The summed E-state index contributed by atoms with van der Waals surface area (Å²) >= 11 is 0. The first-order valence-electron chi connectivity index (χ1n) is 4.90. The molecule has 0 spiro atoms. The summed E-state index contributed by atoms with van der Waals surface area (Å²) in [6, 6.07) is 3.13. The van der Waals surface area contributed by atoms with Gasteiger partial charge in [-0.1, -0.05) is 19.1 Å². The average Bonchev–Trinajstić information content (AvgIpc) is 2.18. The molecular formula is C12H15F2N. The van der Waals surface area contributed by atoms with Gasteiger partial charge in [0.1, 0.15) is 11.6 Å². The van der Waals surface area contributed by atoms with Crippen molar-refractivity contribution >= 4 is 0 Å². The average molecular weight is 211 g/mol. The highest BCUT2D eigenvalue weighted by atomic mass is 19.1. The number of benzene rings is 1. The largest absolute Gasteiger partial charge is 0.307 e. The molecule has 1 N–H and O–H groups in total. The van der Waals surface area contributed by atoms with Gasteiger partial charge in [0.2, 0.25) is 0 Å². The van der Waals surface area contributed by atoms with Crippen LogP contribution in [0.3, 0.4) is 0 Å². The molecule has 1 aromatic carbocycles. The molecular weight excluding hydrogens is 196 g/mol. The maximum Gasteiger partial charge on any atom is 0.128 e. The molecule has 0 saturated heterocycles. The molecule has 1 rings (SSSR count). The minimum absolute atomic E-state index is 0.310. The van der Waals surface area contributed by atoms with E-state index >= 15 is 0 Å². The highest BCUT2D eigenvalue weighted by molar-refractivity contribution is 5.28. The van der Waals surface area contributed by atoms with E-state index in [0.717, 1.165) is 17.7 Å². The molecule has 82 valence electrons. The van der Waals surface area contributed by atoms with Crippen molar-refractivity contribution in [3.8, 4) is 0 Å². The normalized spacial score (nSPS) is 12.5. The van der Waals surface area contributed by atoms with E-state index in [2.05, 4.69) is 11.9 Å². The Morgan fingerprint density at radius 2 is 2.13 bits per heavy atom. The zero-order valence-electron chi connectivity index (χ0n) is 8.98. The van der Waals surface area contributed by atoms with Crippen molar-refractivity contribution in [3.63, 3.8) is 0 Å². The van der Waals surface area contributed by atoms with Crippen molar-refractivity contribution in [3.05, 3.63) is 47.5 Å². The first-order chi connectivity index (χ1) is 7.06. The van der Waals surface area contributed by atoms with Gasteiger partial charge in [0.25, 0.3) is 0 Å². The Morgan fingerprint density at radius 1 is 1.47 bits per heavy atom. The summed E-state index contributed by atoms with van der Waals surface area (Å²) in [4.78, 5) is 0. The Morgan fingerprint density at radius 3 is 2.67 bits per heavy atom. The highest BCUT2D eigenvalue weighted by Gasteiger charge is 2.15. The van der Waals surface area contributed by atoms with Crippen molar-refractivity contribution in [2.45, 2.75) is 19.9 Å². The summed E-state index contributed by atoms with van der Waals surface area (Å²) in [6.45, 7) is 8.14. The van der Waals surface area contributed by atoms with Gasteiger partial charge in [-0.25, -0.2) is 8.78 Å². The SMILES string of the molecule is C=C(C)C(NCC)c1cc(F)ccc1F. The number of halogens is 2. The predicted octanol–water partition coefficient (Wildman–Crippen LogP) is 3.19. The quantitative estimate of drug-likeness (QED) is 0.754. The zero-order chi connectivity index (χ0) is 11.4. The molecule has 0 amide bonds. The van der Waals surface area contributed by atoms with E-state index < -0.39 is 11.6 Å². The number of hydrogen-bond donors (Lipinski definition) is 1. The van der Waals surface area contributed by atoms with Crippen molar-refractivity contribution in [2.24, 2.45) is 0 Å². The molecule has 0 saturated carbocycles. The van der Waals surface area contributed by atoms with Gasteiger partial charge in [-0.05, 0) is 31.7 Å². The summed E-state index contributed by atoms with van der Waals surface area (Å²) in [5.41, 5.74) is 1.07. The zero-order valence-corrected chi connectivity index (χ0v) is 8.98. The van der Waals surface area contributed by atoms with Crippen LogP contribution in [0.1, 0.15) is 25.5 Å². The van der Waals surface area contributed by atoms with E-state index in [9.17, 15) is 8.78 Å². The molecule has 15 heavy (non-hydrogen) atoms. The van der Waals surface area contributed by atoms with Crippen LogP contribution in [0.15, 0.2) is 30.4 Å². The van der Waals surface area contributed by atoms with Gasteiger partial charge >= 0.3 is 0 Å². The number of hydrogen-bond acceptors (Lipinski definition) is 1. The summed E-state index contributed by atoms with van der Waals surface area (Å²) in [5, 5.41) is 3.06. The number of nitrogens with one attached hydrogen (secondary N) is 1. The van der Waals surface area contributed by atoms with Gasteiger partial charge in [0.05, 0.1) is 6.04 Å². The van der Waals surface area contributed by atoms with Gasteiger partial charge < -0.3 is 5.32 Å². The molecule has 1 nitrogen and oxygen atoms in total. The Hall–Kier alpha value is -1.22. The fourth-order valence-electron chi connectivity index (χ4n) is 1.49. The Balaban J connectivity index is 3.09. The van der Waals surface area contributed by atoms with Crippen LogP contribution in [0.5, 0.6) is 0 Å². The maximum absolute atomic E-state index is 13.5. The number of likely N-dealkylation sites (N-methyl/N-ethyl adjacent to an activating group) is 1. The van der Waals surface area contributed by atoms with Crippen LogP contribution in [0.2, 0.25) is 0 Å². The molecule has 1 atom stereocenters. The van der Waals surface area contributed by atoms with Gasteiger partial charge in [0.15, 0.2) is 0 Å². The van der Waals surface area contributed by atoms with Crippen LogP contribution in [0.4, 0.5) is 8.78 Å². The van der Waals surface area contributed by atoms with Crippen LogP contribution in [0, 0.1) is 11.6 Å². The van der Waals surface area contributed by atoms with E-state index in [1.165, 1.54) is 6.07 Å². The fraction of sp³-hybridized carbons (Fsp3) is 0.333. The van der Waals surface area contributed by atoms with E-state index in [0.29, 0.717) is 12.1 Å². The first-order valence-corrected chi connectivity index (χ1v) is 4.90. The van der Waals surface area contributed by atoms with Gasteiger partial charge in [0, 0.05) is 5.56 Å². The first kappa shape index (κ1) is 11.9. The molecule has 0 radical (unpaired) electrons. The third-order valence-electron chi connectivity index (χ3n) is 2.17. The van der Waals surface area contributed by atoms with E-state index in [1.54, 1.807) is 6.92 Å². The lowest BCUT2D eigenvalue weighted by molar-refractivity contribution is 0.541. The van der Waals surface area contributed by atoms with Crippen molar-refractivity contribution in [2.75, 3.05) is 6.54 Å². The maximum atomic E-state index is 13.5. The summed E-state index contributed by atoms with van der Waals surface area (Å²) in [6.07, 6.45) is 0. The topological polar surface area (TPSA) is 12.0 Å². The third kappa shape index (κ3) is 2.86. The van der Waals surface area contributed by atoms with Gasteiger partial charge in [-0.15, -0.1) is 0 Å². The Labute approximate surface area is 88.8 Å². The van der Waals surface area contributed by atoms with Crippen LogP contribution in [-0.2, 0) is 0 Å². The van der Waals surface area contributed by atoms with E-state index in [-0.39, 0.29) is 6.04 Å². The molecule has 0 aliphatic heterocycles. The summed E-state index contributed by atoms with van der Waals surface area (Å²) in [7, 11) is 0. The van der Waals surface area contributed by atoms with Crippen molar-refractivity contribution < 1.29 is 8.78 Å². The third-order valence-corrected chi connectivity index (χ3v) is 2.17. The molecule has 3 heteroatoms. The highest BCUT2D eigenvalue weighted by Crippen LogP contribution is 2.23. The van der Waals surface area contributed by atoms with Crippen LogP contribution in [-0.4, -0.2) is 6.54 Å². The Bertz CT molecular complexity index is 361. The van der Waals surface area contributed by atoms with Crippen molar-refractivity contribution in [1.82, 2.24) is 5.32 Å². The second-order valence-corrected chi connectivity index (χ2v) is 3.50. The number of rotatable bonds is 4. The smallest absolute Gasteiger partial charge is 0.128 e. The Kier molecular flexibility index (Phi) is 3.97. The summed E-state index contributed by atoms with van der Waals surface area (Å²) in [5.74, 6) is -0.846. The minimum atomic E-state index is -0.435. The molecule has 0 bridgehead atoms. The van der Waals surface area contributed by atoms with Crippen molar-refractivity contribution in [1.29, 1.82) is 0 Å². The fourth-order valence-corrected chi connectivity index (χ4v) is 1.49.